The minimum atomic E-state index is -0.180. The SMILES string of the molecule is C1=CCCC(n2c3c(c4ccccc42)CCC(C2=CC4=C(CC2)N(c2cccc(C5N=C(c6ccccc6)c6ccccc6N5)c2)C2C=CC=CC42)=C3)=C1. The molecule has 262 valence electrons. The predicted molar refractivity (Wildman–Crippen MR) is 225 cm³/mol. The van der Waals surface area contributed by atoms with Crippen LogP contribution in [0.4, 0.5) is 11.4 Å². The fourth-order valence-electron chi connectivity index (χ4n) is 9.78. The van der Waals surface area contributed by atoms with Gasteiger partial charge in [-0.1, -0.05) is 121 Å². The summed E-state index contributed by atoms with van der Waals surface area (Å²) in [6, 6.07) is 37.5. The molecule has 0 amide bonds. The van der Waals surface area contributed by atoms with Crippen molar-refractivity contribution in [2.75, 3.05) is 10.2 Å². The molecule has 0 fully saturated rings. The van der Waals surface area contributed by atoms with Crippen LogP contribution in [0.1, 0.15) is 66.2 Å². The van der Waals surface area contributed by atoms with Gasteiger partial charge in [-0.25, -0.2) is 0 Å². The first kappa shape index (κ1) is 31.4. The summed E-state index contributed by atoms with van der Waals surface area (Å²) in [5, 5.41) is 5.17. The lowest BCUT2D eigenvalue weighted by molar-refractivity contribution is 0.680. The lowest BCUT2D eigenvalue weighted by Gasteiger charge is -2.32. The molecule has 0 saturated heterocycles. The molecule has 4 aliphatic carbocycles. The molecule has 0 spiro atoms. The zero-order chi connectivity index (χ0) is 35.6. The Morgan fingerprint density at radius 1 is 0.704 bits per heavy atom. The van der Waals surface area contributed by atoms with Crippen molar-refractivity contribution < 1.29 is 0 Å². The Morgan fingerprint density at radius 2 is 1.54 bits per heavy atom. The molecule has 4 heteroatoms. The van der Waals surface area contributed by atoms with E-state index in [4.69, 9.17) is 4.99 Å². The summed E-state index contributed by atoms with van der Waals surface area (Å²) in [5.41, 5.74) is 18.5. The first-order valence-corrected chi connectivity index (χ1v) is 19.6. The number of rotatable bonds is 5. The van der Waals surface area contributed by atoms with Crippen LogP contribution in [-0.4, -0.2) is 16.3 Å². The number of para-hydroxylation sites is 2. The van der Waals surface area contributed by atoms with Crippen LogP contribution in [0, 0.1) is 5.92 Å². The molecule has 2 aliphatic heterocycles. The van der Waals surface area contributed by atoms with E-state index in [-0.39, 0.29) is 12.2 Å². The average molecular weight is 699 g/mol. The molecule has 4 aromatic carbocycles. The summed E-state index contributed by atoms with van der Waals surface area (Å²) in [5.74, 6) is 0.330. The smallest absolute Gasteiger partial charge is 0.145 e. The number of anilines is 2. The molecule has 11 rings (SSSR count). The Bertz CT molecular complexity index is 2600. The molecule has 4 nitrogen and oxygen atoms in total. The summed E-state index contributed by atoms with van der Waals surface area (Å²) in [6.45, 7) is 0. The standard InChI is InChI=1S/C50H42N4/c1-3-14-33(15-4-1)49-42-22-7-10-23-44(42)51-50(52-49)36-16-13-19-38(30-36)54-46-25-12-9-21-40(46)43-31-34(27-29-47(43)54)35-26-28-41-39-20-8-11-24-45(39)53(48(41)32-35)37-17-5-2-6-18-37/h1-5,7-17,19-25,30-32,40,46,50-51H,6,18,26-29H2. The molecule has 6 aliphatic rings. The van der Waals surface area contributed by atoms with Crippen LogP contribution in [0.2, 0.25) is 0 Å². The van der Waals surface area contributed by atoms with Gasteiger partial charge in [0.15, 0.2) is 0 Å². The van der Waals surface area contributed by atoms with E-state index in [2.05, 4.69) is 173 Å². The second-order valence-corrected chi connectivity index (χ2v) is 15.3. The highest BCUT2D eigenvalue weighted by atomic mass is 15.2. The zero-order valence-electron chi connectivity index (χ0n) is 30.3. The van der Waals surface area contributed by atoms with E-state index in [0.29, 0.717) is 5.92 Å². The van der Waals surface area contributed by atoms with Gasteiger partial charge in [-0.05, 0) is 103 Å². The van der Waals surface area contributed by atoms with Crippen molar-refractivity contribution in [3.63, 3.8) is 0 Å². The number of nitrogens with one attached hydrogen (secondary N) is 1. The van der Waals surface area contributed by atoms with Crippen LogP contribution >= 0.6 is 0 Å². The van der Waals surface area contributed by atoms with Crippen molar-refractivity contribution in [3.8, 4) is 0 Å². The first-order chi connectivity index (χ1) is 26.8. The molecule has 0 saturated carbocycles. The van der Waals surface area contributed by atoms with Gasteiger partial charge in [0, 0.05) is 50.9 Å². The molecule has 3 atom stereocenters. The molecule has 3 heterocycles. The molecule has 5 aromatic rings. The van der Waals surface area contributed by atoms with Crippen molar-refractivity contribution in [1.29, 1.82) is 0 Å². The second kappa shape index (κ2) is 12.8. The van der Waals surface area contributed by atoms with E-state index in [9.17, 15) is 0 Å². The molecule has 1 aromatic heterocycles. The van der Waals surface area contributed by atoms with Crippen molar-refractivity contribution in [2.24, 2.45) is 10.9 Å². The molecule has 3 unspecified atom stereocenters. The fourth-order valence-corrected chi connectivity index (χ4v) is 9.78. The summed E-state index contributed by atoms with van der Waals surface area (Å²) in [6.07, 6.45) is 27.5. The van der Waals surface area contributed by atoms with Gasteiger partial charge in [-0.15, -0.1) is 0 Å². The van der Waals surface area contributed by atoms with Crippen molar-refractivity contribution in [3.05, 3.63) is 202 Å². The number of aliphatic imine (C=N–C) groups is 1. The maximum absolute atomic E-state index is 5.35. The Labute approximate surface area is 317 Å². The van der Waals surface area contributed by atoms with Gasteiger partial charge < -0.3 is 14.8 Å². The number of allylic oxidation sites excluding steroid dienone is 10. The van der Waals surface area contributed by atoms with Gasteiger partial charge in [-0.3, -0.25) is 4.99 Å². The first-order valence-electron chi connectivity index (χ1n) is 19.6. The van der Waals surface area contributed by atoms with Crippen LogP contribution in [0.5, 0.6) is 0 Å². The van der Waals surface area contributed by atoms with Crippen molar-refractivity contribution in [2.45, 2.75) is 50.7 Å². The normalized spacial score (nSPS) is 22.4. The molecule has 0 bridgehead atoms. The second-order valence-electron chi connectivity index (χ2n) is 15.3. The highest BCUT2D eigenvalue weighted by Crippen LogP contribution is 2.49. The van der Waals surface area contributed by atoms with Gasteiger partial charge in [0.1, 0.15) is 6.17 Å². The minimum absolute atomic E-state index is 0.180. The van der Waals surface area contributed by atoms with Crippen molar-refractivity contribution in [1.82, 2.24) is 4.57 Å². The van der Waals surface area contributed by atoms with E-state index in [1.807, 2.05) is 0 Å². The van der Waals surface area contributed by atoms with Crippen LogP contribution in [0.3, 0.4) is 0 Å². The molecule has 0 radical (unpaired) electrons. The Hall–Kier alpha value is -6.13. The van der Waals surface area contributed by atoms with Crippen LogP contribution in [0.25, 0.3) is 22.7 Å². The third kappa shape index (κ3) is 5.08. The monoisotopic (exact) mass is 698 g/mol. The van der Waals surface area contributed by atoms with E-state index < -0.39 is 0 Å². The Morgan fingerprint density at radius 3 is 2.46 bits per heavy atom. The number of hydrogen-bond acceptors (Lipinski definition) is 3. The van der Waals surface area contributed by atoms with Crippen LogP contribution in [-0.2, 0) is 6.42 Å². The number of aryl methyl sites for hydroxylation is 1. The molecular formula is C50H42N4. The Balaban J connectivity index is 0.968. The summed E-state index contributed by atoms with van der Waals surface area (Å²) in [4.78, 5) is 7.98. The topological polar surface area (TPSA) is 32.6 Å². The van der Waals surface area contributed by atoms with E-state index in [0.717, 1.165) is 61.1 Å². The van der Waals surface area contributed by atoms with E-state index in [1.165, 1.54) is 61.5 Å². The third-order valence-corrected chi connectivity index (χ3v) is 12.3. The fraction of sp³-hybridized carbons (Fsp3) is 0.180. The molecular weight excluding hydrogens is 657 g/mol. The van der Waals surface area contributed by atoms with E-state index >= 15 is 0 Å². The zero-order valence-corrected chi connectivity index (χ0v) is 30.3. The maximum Gasteiger partial charge on any atom is 0.145 e. The van der Waals surface area contributed by atoms with Gasteiger partial charge in [0.05, 0.1) is 17.3 Å². The maximum atomic E-state index is 5.35. The van der Waals surface area contributed by atoms with Gasteiger partial charge in [0.25, 0.3) is 0 Å². The lowest BCUT2D eigenvalue weighted by Crippen LogP contribution is -2.33. The van der Waals surface area contributed by atoms with Crippen LogP contribution < -0.4 is 10.2 Å². The number of fused-ring (bicyclic) bond motifs is 6. The molecule has 1 N–H and O–H groups in total. The highest BCUT2D eigenvalue weighted by molar-refractivity contribution is 6.17. The van der Waals surface area contributed by atoms with Gasteiger partial charge >= 0.3 is 0 Å². The van der Waals surface area contributed by atoms with Crippen LogP contribution in [0.15, 0.2) is 179 Å². The van der Waals surface area contributed by atoms with Crippen molar-refractivity contribution >= 4 is 39.8 Å². The average Bonchev–Trinajstić information content (AvgIpc) is 3.76. The number of benzene rings is 4. The summed E-state index contributed by atoms with van der Waals surface area (Å²) < 4.78 is 2.56. The quantitative estimate of drug-likeness (QED) is 0.198. The van der Waals surface area contributed by atoms with E-state index in [1.54, 1.807) is 0 Å². The van der Waals surface area contributed by atoms with Gasteiger partial charge in [-0.2, -0.15) is 0 Å². The van der Waals surface area contributed by atoms with Gasteiger partial charge in [0.2, 0.25) is 0 Å². The number of nitrogens with zero attached hydrogens (tertiary/aromatic N) is 3. The Kier molecular flexibility index (Phi) is 7.43. The minimum Gasteiger partial charge on any atom is -0.360 e. The summed E-state index contributed by atoms with van der Waals surface area (Å²) in [7, 11) is 0. The predicted octanol–water partition coefficient (Wildman–Crippen LogP) is 11.7. The third-order valence-electron chi connectivity index (χ3n) is 12.3. The highest BCUT2D eigenvalue weighted by Gasteiger charge is 2.40. The molecule has 54 heavy (non-hydrogen) atoms. The largest absolute Gasteiger partial charge is 0.360 e. The summed E-state index contributed by atoms with van der Waals surface area (Å²) >= 11 is 0. The number of hydrogen-bond donors (Lipinski definition) is 1. The lowest BCUT2D eigenvalue weighted by atomic mass is 9.82. The number of aromatic nitrogens is 1.